The molecule has 0 spiro atoms. The molecule has 1 N–H and O–H groups in total. The van der Waals surface area contributed by atoms with E-state index in [0.29, 0.717) is 37.1 Å². The first-order valence-electron chi connectivity index (χ1n) is 9.37. The number of rotatable bonds is 7. The first-order valence-corrected chi connectivity index (χ1v) is 9.74. The lowest BCUT2D eigenvalue weighted by Gasteiger charge is -2.21. The van der Waals surface area contributed by atoms with E-state index in [1.54, 1.807) is 6.07 Å². The second-order valence-electron chi connectivity index (χ2n) is 7.78. The summed E-state index contributed by atoms with van der Waals surface area (Å²) in [6, 6.07) is 3.34. The van der Waals surface area contributed by atoms with Crippen LogP contribution in [0.3, 0.4) is 0 Å². The van der Waals surface area contributed by atoms with Gasteiger partial charge in [-0.1, -0.05) is 11.6 Å². The molecule has 3 nitrogen and oxygen atoms in total. The second-order valence-corrected chi connectivity index (χ2v) is 8.19. The highest BCUT2D eigenvalue weighted by atomic mass is 35.5. The summed E-state index contributed by atoms with van der Waals surface area (Å²) in [6.45, 7) is 0.642. The number of carbonyl (C=O) groups is 1. The lowest BCUT2D eigenvalue weighted by molar-refractivity contribution is -0.109. The van der Waals surface area contributed by atoms with Crippen LogP contribution in [0.2, 0.25) is 5.02 Å². The van der Waals surface area contributed by atoms with E-state index in [-0.39, 0.29) is 27.8 Å². The van der Waals surface area contributed by atoms with E-state index in [2.05, 4.69) is 10.3 Å². The van der Waals surface area contributed by atoms with Crippen LogP contribution < -0.4 is 5.32 Å². The van der Waals surface area contributed by atoms with E-state index >= 15 is 4.39 Å². The van der Waals surface area contributed by atoms with Gasteiger partial charge in [0.25, 0.3) is 0 Å². The van der Waals surface area contributed by atoms with Crippen LogP contribution in [0.1, 0.15) is 42.9 Å². The topological polar surface area (TPSA) is 42.0 Å². The summed E-state index contributed by atoms with van der Waals surface area (Å²) in [6.07, 6.45) is 3.95. The number of benzene rings is 1. The largest absolute Gasteiger partial charge is 0.319 e. The van der Waals surface area contributed by atoms with Gasteiger partial charge in [-0.2, -0.15) is 0 Å². The molecular weight excluding hydrogens is 389 g/mol. The number of aldehydes is 1. The Balaban J connectivity index is 1.92. The van der Waals surface area contributed by atoms with Gasteiger partial charge in [-0.3, -0.25) is 0 Å². The van der Waals surface area contributed by atoms with E-state index in [4.69, 9.17) is 11.6 Å². The molecule has 1 unspecified atom stereocenters. The lowest BCUT2D eigenvalue weighted by Crippen LogP contribution is -2.22. The fraction of sp³-hybridized carbons (Fsp3) is 0.429. The van der Waals surface area contributed by atoms with Crippen LogP contribution in [0.4, 0.5) is 13.2 Å². The zero-order chi connectivity index (χ0) is 20.1. The maximum atomic E-state index is 15.4. The molecule has 148 valence electrons. The highest BCUT2D eigenvalue weighted by Crippen LogP contribution is 2.50. The minimum Gasteiger partial charge on any atom is -0.319 e. The van der Waals surface area contributed by atoms with Crippen LogP contribution in [0, 0.1) is 23.4 Å². The molecule has 1 aromatic carbocycles. The summed E-state index contributed by atoms with van der Waals surface area (Å²) < 4.78 is 43.5. The predicted octanol–water partition coefficient (Wildman–Crippen LogP) is 4.76. The fourth-order valence-corrected chi connectivity index (χ4v) is 3.96. The van der Waals surface area contributed by atoms with Crippen LogP contribution in [0.5, 0.6) is 0 Å². The number of aromatic nitrogens is 1. The maximum absolute atomic E-state index is 15.4. The van der Waals surface area contributed by atoms with Crippen molar-refractivity contribution >= 4 is 17.9 Å². The van der Waals surface area contributed by atoms with Gasteiger partial charge >= 0.3 is 0 Å². The van der Waals surface area contributed by atoms with Crippen molar-refractivity contribution in [3.8, 4) is 11.3 Å². The van der Waals surface area contributed by atoms with Crippen LogP contribution in [0.15, 0.2) is 18.2 Å². The molecule has 2 fully saturated rings. The van der Waals surface area contributed by atoms with E-state index in [9.17, 15) is 13.6 Å². The van der Waals surface area contributed by atoms with E-state index in [0.717, 1.165) is 25.2 Å². The quantitative estimate of drug-likeness (QED) is 0.530. The summed E-state index contributed by atoms with van der Waals surface area (Å²) in [4.78, 5) is 16.1. The summed E-state index contributed by atoms with van der Waals surface area (Å²) in [5, 5.41) is 2.82. The molecule has 0 bridgehead atoms. The summed E-state index contributed by atoms with van der Waals surface area (Å²) in [7, 11) is 1.83. The Bertz CT molecular complexity index is 942. The lowest BCUT2D eigenvalue weighted by atomic mass is 9.90. The maximum Gasteiger partial charge on any atom is 0.153 e. The monoisotopic (exact) mass is 408 g/mol. The van der Waals surface area contributed by atoms with Gasteiger partial charge < -0.3 is 10.1 Å². The van der Waals surface area contributed by atoms with Gasteiger partial charge in [0.15, 0.2) is 5.82 Å². The number of nitrogens with one attached hydrogen (secondary N) is 1. The Morgan fingerprint density at radius 2 is 1.96 bits per heavy atom. The van der Waals surface area contributed by atoms with Crippen LogP contribution in [-0.2, 0) is 10.2 Å². The van der Waals surface area contributed by atoms with E-state index < -0.39 is 22.9 Å². The molecule has 4 rings (SSSR count). The number of hydrogen-bond donors (Lipinski definition) is 1. The molecule has 1 heterocycles. The Morgan fingerprint density at radius 1 is 1.25 bits per heavy atom. The molecule has 0 saturated heterocycles. The number of hydrogen-bond acceptors (Lipinski definition) is 3. The zero-order valence-corrected chi connectivity index (χ0v) is 16.1. The molecule has 1 aromatic heterocycles. The molecule has 2 aliphatic carbocycles. The smallest absolute Gasteiger partial charge is 0.153 e. The van der Waals surface area contributed by atoms with Gasteiger partial charge in [-0.25, -0.2) is 18.2 Å². The van der Waals surface area contributed by atoms with Crippen molar-refractivity contribution in [3.05, 3.63) is 51.9 Å². The molecule has 2 saturated carbocycles. The molecule has 0 radical (unpaired) electrons. The zero-order valence-electron chi connectivity index (χ0n) is 15.4. The first kappa shape index (κ1) is 19.4. The third kappa shape index (κ3) is 3.33. The average molecular weight is 409 g/mol. The van der Waals surface area contributed by atoms with E-state index in [1.165, 1.54) is 0 Å². The second kappa shape index (κ2) is 7.16. The van der Waals surface area contributed by atoms with Crippen molar-refractivity contribution in [1.82, 2.24) is 10.3 Å². The molecule has 0 amide bonds. The van der Waals surface area contributed by atoms with Crippen molar-refractivity contribution in [2.24, 2.45) is 5.92 Å². The third-order valence-electron chi connectivity index (χ3n) is 5.79. The average Bonchev–Trinajstić information content (AvgIpc) is 3.58. The molecule has 2 aliphatic rings. The molecular formula is C21H20ClF3N2O. The Hall–Kier alpha value is -1.92. The number of likely N-dealkylation sites (N-methyl/N-ethyl adjacent to an activating group) is 1. The third-order valence-corrected chi connectivity index (χ3v) is 6.08. The molecule has 7 heteroatoms. The molecule has 2 aromatic rings. The SMILES string of the molecule is CNCC(c1cc(C2(C=O)CC2)c(F)c(-c2cc(Cl)c(F)cc2F)n1)C1CC1. The Labute approximate surface area is 166 Å². The van der Waals surface area contributed by atoms with Crippen LogP contribution >= 0.6 is 11.6 Å². The normalized spacial score (nSPS) is 18.8. The summed E-state index contributed by atoms with van der Waals surface area (Å²) in [5.41, 5.74) is -0.445. The van der Waals surface area contributed by atoms with E-state index in [1.807, 2.05) is 7.05 Å². The van der Waals surface area contributed by atoms with Gasteiger partial charge in [-0.05, 0) is 50.8 Å². The van der Waals surface area contributed by atoms with Gasteiger partial charge in [0.2, 0.25) is 0 Å². The number of halogens is 4. The molecule has 0 aliphatic heterocycles. The molecule has 1 atom stereocenters. The number of nitrogens with zero attached hydrogens (tertiary/aromatic N) is 1. The summed E-state index contributed by atoms with van der Waals surface area (Å²) >= 11 is 5.81. The first-order chi connectivity index (χ1) is 13.4. The highest BCUT2D eigenvalue weighted by Gasteiger charge is 2.47. The van der Waals surface area contributed by atoms with Crippen molar-refractivity contribution < 1.29 is 18.0 Å². The van der Waals surface area contributed by atoms with Gasteiger partial charge in [-0.15, -0.1) is 0 Å². The highest BCUT2D eigenvalue weighted by molar-refractivity contribution is 6.31. The van der Waals surface area contributed by atoms with Gasteiger partial charge in [0.1, 0.15) is 23.6 Å². The minimum absolute atomic E-state index is 0.0320. The minimum atomic E-state index is -0.941. The van der Waals surface area contributed by atoms with Gasteiger partial charge in [0, 0.05) is 35.3 Å². The fourth-order valence-electron chi connectivity index (χ4n) is 3.80. The standard InChI is InChI=1S/C21H20ClF3N2O/c1-26-9-13(11-2-3-11)18-7-14(21(10-28)4-5-21)19(25)20(27-18)12-6-15(22)17(24)8-16(12)23/h6-8,10-11,13,26H,2-5,9H2,1H3. The van der Waals surface area contributed by atoms with Crippen molar-refractivity contribution in [2.45, 2.75) is 37.0 Å². The molecule has 28 heavy (non-hydrogen) atoms. The van der Waals surface area contributed by atoms with Crippen molar-refractivity contribution in [1.29, 1.82) is 0 Å². The van der Waals surface area contributed by atoms with Gasteiger partial charge in [0.05, 0.1) is 10.4 Å². The Kier molecular flexibility index (Phi) is 4.96. The van der Waals surface area contributed by atoms with Crippen molar-refractivity contribution in [3.63, 3.8) is 0 Å². The van der Waals surface area contributed by atoms with Crippen LogP contribution in [0.25, 0.3) is 11.3 Å². The number of carbonyl (C=O) groups excluding carboxylic acids is 1. The summed E-state index contributed by atoms with van der Waals surface area (Å²) in [5.74, 6) is -2.15. The predicted molar refractivity (Wildman–Crippen MR) is 101 cm³/mol. The Morgan fingerprint density at radius 3 is 2.54 bits per heavy atom. The van der Waals surface area contributed by atoms with Crippen molar-refractivity contribution in [2.75, 3.05) is 13.6 Å². The van der Waals surface area contributed by atoms with Crippen LogP contribution in [-0.4, -0.2) is 24.9 Å². The number of pyridine rings is 1.